The highest BCUT2D eigenvalue weighted by molar-refractivity contribution is 7.09. The van der Waals surface area contributed by atoms with Gasteiger partial charge in [0.25, 0.3) is 0 Å². The minimum absolute atomic E-state index is 0.0871. The molecule has 5 heteroatoms. The standard InChI is InChI=1S/C13H16N2O2S/c1-16-11-4-3-9(7-12(11)17-2)10(14)8-13-15-5-6-18-13/h3-7,10H,8,14H2,1-2H3. The molecule has 1 atom stereocenters. The molecule has 0 amide bonds. The molecule has 0 aliphatic heterocycles. The Hall–Kier alpha value is -1.59. The summed E-state index contributed by atoms with van der Waals surface area (Å²) in [7, 11) is 3.24. The maximum Gasteiger partial charge on any atom is 0.161 e. The lowest BCUT2D eigenvalue weighted by atomic mass is 10.0. The third-order valence-corrected chi connectivity index (χ3v) is 3.52. The van der Waals surface area contributed by atoms with E-state index in [1.165, 1.54) is 0 Å². The molecule has 0 aliphatic carbocycles. The van der Waals surface area contributed by atoms with E-state index in [1.807, 2.05) is 23.6 Å². The van der Waals surface area contributed by atoms with Gasteiger partial charge in [0.05, 0.1) is 19.2 Å². The number of methoxy groups -OCH3 is 2. The summed E-state index contributed by atoms with van der Waals surface area (Å²) < 4.78 is 10.5. The summed E-state index contributed by atoms with van der Waals surface area (Å²) >= 11 is 1.62. The molecule has 0 radical (unpaired) electrons. The first-order valence-electron chi connectivity index (χ1n) is 5.60. The molecule has 0 bridgehead atoms. The molecule has 1 unspecified atom stereocenters. The average molecular weight is 264 g/mol. The molecule has 0 fully saturated rings. The van der Waals surface area contributed by atoms with Crippen molar-refractivity contribution in [2.45, 2.75) is 12.5 Å². The van der Waals surface area contributed by atoms with E-state index in [0.29, 0.717) is 11.5 Å². The van der Waals surface area contributed by atoms with Gasteiger partial charge in [-0.15, -0.1) is 11.3 Å². The fourth-order valence-corrected chi connectivity index (χ4v) is 2.42. The molecule has 1 heterocycles. The third kappa shape index (κ3) is 2.80. The van der Waals surface area contributed by atoms with Crippen LogP contribution in [-0.4, -0.2) is 19.2 Å². The Morgan fingerprint density at radius 2 is 2.06 bits per heavy atom. The van der Waals surface area contributed by atoms with Crippen LogP contribution in [0.2, 0.25) is 0 Å². The lowest BCUT2D eigenvalue weighted by molar-refractivity contribution is 0.354. The van der Waals surface area contributed by atoms with Crippen molar-refractivity contribution in [3.8, 4) is 11.5 Å². The van der Waals surface area contributed by atoms with Crippen LogP contribution in [0.3, 0.4) is 0 Å². The van der Waals surface area contributed by atoms with Gasteiger partial charge in [-0.3, -0.25) is 0 Å². The smallest absolute Gasteiger partial charge is 0.161 e. The Balaban J connectivity index is 2.17. The van der Waals surface area contributed by atoms with Crippen LogP contribution in [0.25, 0.3) is 0 Å². The number of nitrogens with two attached hydrogens (primary N) is 1. The van der Waals surface area contributed by atoms with E-state index >= 15 is 0 Å². The molecule has 0 saturated carbocycles. The van der Waals surface area contributed by atoms with Gasteiger partial charge in [0.1, 0.15) is 0 Å². The molecule has 1 aromatic heterocycles. The van der Waals surface area contributed by atoms with Crippen molar-refractivity contribution in [3.63, 3.8) is 0 Å². The van der Waals surface area contributed by atoms with E-state index in [2.05, 4.69) is 4.98 Å². The predicted octanol–water partition coefficient (Wildman–Crippen LogP) is 2.40. The second kappa shape index (κ2) is 5.84. The minimum atomic E-state index is -0.0871. The second-order valence-electron chi connectivity index (χ2n) is 3.85. The first-order chi connectivity index (χ1) is 8.74. The molecular weight excluding hydrogens is 248 g/mol. The zero-order valence-corrected chi connectivity index (χ0v) is 11.2. The van der Waals surface area contributed by atoms with Gasteiger partial charge in [0.2, 0.25) is 0 Å². The van der Waals surface area contributed by atoms with Crippen molar-refractivity contribution in [1.82, 2.24) is 4.98 Å². The normalized spacial score (nSPS) is 12.2. The number of benzene rings is 1. The second-order valence-corrected chi connectivity index (χ2v) is 4.83. The van der Waals surface area contributed by atoms with E-state index in [4.69, 9.17) is 15.2 Å². The quantitative estimate of drug-likeness (QED) is 0.901. The summed E-state index contributed by atoms with van der Waals surface area (Å²) in [6.45, 7) is 0. The topological polar surface area (TPSA) is 57.4 Å². The molecule has 2 rings (SSSR count). The molecule has 0 aliphatic rings. The molecule has 18 heavy (non-hydrogen) atoms. The van der Waals surface area contributed by atoms with Crippen LogP contribution in [0.5, 0.6) is 11.5 Å². The van der Waals surface area contributed by atoms with Crippen molar-refractivity contribution in [2.75, 3.05) is 14.2 Å². The molecule has 2 N–H and O–H groups in total. The SMILES string of the molecule is COc1ccc(C(N)Cc2nccs2)cc1OC. The molecule has 1 aromatic carbocycles. The number of nitrogens with zero attached hydrogens (tertiary/aromatic N) is 1. The van der Waals surface area contributed by atoms with Crippen molar-refractivity contribution in [1.29, 1.82) is 0 Å². The number of rotatable bonds is 5. The number of thiazole rings is 1. The lowest BCUT2D eigenvalue weighted by Gasteiger charge is -2.14. The van der Waals surface area contributed by atoms with Crippen LogP contribution in [0.15, 0.2) is 29.8 Å². The van der Waals surface area contributed by atoms with Crippen LogP contribution in [-0.2, 0) is 6.42 Å². The van der Waals surface area contributed by atoms with Gasteiger partial charge in [-0.25, -0.2) is 4.98 Å². The van der Waals surface area contributed by atoms with E-state index in [0.717, 1.165) is 17.0 Å². The predicted molar refractivity (Wildman–Crippen MR) is 72.3 cm³/mol. The van der Waals surface area contributed by atoms with Gasteiger partial charge in [-0.2, -0.15) is 0 Å². The summed E-state index contributed by atoms with van der Waals surface area (Å²) in [5.74, 6) is 1.41. The fourth-order valence-electron chi connectivity index (χ4n) is 1.74. The Kier molecular flexibility index (Phi) is 4.17. The molecule has 96 valence electrons. The van der Waals surface area contributed by atoms with Crippen molar-refractivity contribution in [2.24, 2.45) is 5.73 Å². The zero-order valence-electron chi connectivity index (χ0n) is 10.4. The van der Waals surface area contributed by atoms with E-state index in [9.17, 15) is 0 Å². The van der Waals surface area contributed by atoms with Gasteiger partial charge >= 0.3 is 0 Å². The maximum absolute atomic E-state index is 6.17. The summed E-state index contributed by atoms with van der Waals surface area (Å²) in [5.41, 5.74) is 7.19. The Labute approximate surface area is 110 Å². The van der Waals surface area contributed by atoms with E-state index in [-0.39, 0.29) is 6.04 Å². The van der Waals surface area contributed by atoms with E-state index in [1.54, 1.807) is 31.8 Å². The van der Waals surface area contributed by atoms with Crippen LogP contribution in [0.4, 0.5) is 0 Å². The monoisotopic (exact) mass is 264 g/mol. The lowest BCUT2D eigenvalue weighted by Crippen LogP contribution is -2.13. The number of aromatic nitrogens is 1. The van der Waals surface area contributed by atoms with E-state index < -0.39 is 0 Å². The van der Waals surface area contributed by atoms with Crippen molar-refractivity contribution in [3.05, 3.63) is 40.3 Å². The fraction of sp³-hybridized carbons (Fsp3) is 0.308. The van der Waals surface area contributed by atoms with Crippen molar-refractivity contribution < 1.29 is 9.47 Å². The molecule has 4 nitrogen and oxygen atoms in total. The van der Waals surface area contributed by atoms with Gasteiger partial charge in [-0.1, -0.05) is 6.07 Å². The summed E-state index contributed by atoms with van der Waals surface area (Å²) in [5, 5.41) is 2.99. The zero-order chi connectivity index (χ0) is 13.0. The van der Waals surface area contributed by atoms with Gasteiger partial charge in [-0.05, 0) is 17.7 Å². The molecule has 0 saturated heterocycles. The number of hydrogen-bond donors (Lipinski definition) is 1. The number of ether oxygens (including phenoxy) is 2. The molecule has 2 aromatic rings. The maximum atomic E-state index is 6.17. The Morgan fingerprint density at radius 3 is 2.67 bits per heavy atom. The molecule has 0 spiro atoms. The van der Waals surface area contributed by atoms with Crippen LogP contribution in [0.1, 0.15) is 16.6 Å². The molecular formula is C13H16N2O2S. The van der Waals surface area contributed by atoms with Crippen LogP contribution >= 0.6 is 11.3 Å². The summed E-state index contributed by atoms with van der Waals surface area (Å²) in [6, 6.07) is 5.66. The Morgan fingerprint density at radius 1 is 1.28 bits per heavy atom. The van der Waals surface area contributed by atoms with Crippen LogP contribution in [0, 0.1) is 0 Å². The highest BCUT2D eigenvalue weighted by Gasteiger charge is 2.12. The Bertz CT molecular complexity index is 500. The number of hydrogen-bond acceptors (Lipinski definition) is 5. The average Bonchev–Trinajstić information content (AvgIpc) is 2.90. The first kappa shape index (κ1) is 12.9. The summed E-state index contributed by atoms with van der Waals surface area (Å²) in [4.78, 5) is 4.24. The summed E-state index contributed by atoms with van der Waals surface area (Å²) in [6.07, 6.45) is 2.52. The third-order valence-electron chi connectivity index (χ3n) is 2.71. The largest absolute Gasteiger partial charge is 0.493 e. The first-order valence-corrected chi connectivity index (χ1v) is 6.48. The minimum Gasteiger partial charge on any atom is -0.493 e. The van der Waals surface area contributed by atoms with Gasteiger partial charge in [0.15, 0.2) is 11.5 Å². The highest BCUT2D eigenvalue weighted by atomic mass is 32.1. The highest BCUT2D eigenvalue weighted by Crippen LogP contribution is 2.30. The van der Waals surface area contributed by atoms with Crippen molar-refractivity contribution >= 4 is 11.3 Å². The van der Waals surface area contributed by atoms with Crippen LogP contribution < -0.4 is 15.2 Å². The van der Waals surface area contributed by atoms with Gasteiger partial charge in [0, 0.05) is 24.0 Å². The van der Waals surface area contributed by atoms with Gasteiger partial charge < -0.3 is 15.2 Å².